The van der Waals surface area contributed by atoms with Crippen molar-refractivity contribution >= 4 is 23.5 Å². The summed E-state index contributed by atoms with van der Waals surface area (Å²) >= 11 is 1.33. The highest BCUT2D eigenvalue weighted by atomic mass is 32.2. The molecule has 1 unspecified atom stereocenters. The van der Waals surface area contributed by atoms with Crippen molar-refractivity contribution < 1.29 is 4.79 Å². The van der Waals surface area contributed by atoms with Gasteiger partial charge in [-0.15, -0.1) is 0 Å². The summed E-state index contributed by atoms with van der Waals surface area (Å²) in [5.41, 5.74) is 5.70. The highest BCUT2D eigenvalue weighted by molar-refractivity contribution is 8.00. The zero-order chi connectivity index (χ0) is 13.5. The molecule has 0 aliphatic rings. The quantitative estimate of drug-likeness (QED) is 0.769. The minimum Gasteiger partial charge on any atom is -0.381 e. The third kappa shape index (κ3) is 4.18. The molecule has 0 aliphatic carbocycles. The van der Waals surface area contributed by atoms with Crippen LogP contribution in [0.4, 0.5) is 5.82 Å². The van der Waals surface area contributed by atoms with Crippen LogP contribution < -0.4 is 11.1 Å². The van der Waals surface area contributed by atoms with Crippen LogP contribution in [-0.4, -0.2) is 27.2 Å². The number of amides is 1. The summed E-state index contributed by atoms with van der Waals surface area (Å²) in [6, 6.07) is 0.236. The molecule has 0 radical (unpaired) electrons. The van der Waals surface area contributed by atoms with Gasteiger partial charge in [-0.3, -0.25) is 4.79 Å². The molecule has 0 saturated carbocycles. The first kappa shape index (κ1) is 14.8. The minimum atomic E-state index is -0.232. The maximum absolute atomic E-state index is 12.0. The molecule has 1 atom stereocenters. The van der Waals surface area contributed by atoms with E-state index in [9.17, 15) is 4.79 Å². The number of aromatic nitrogens is 2. The number of rotatable bonds is 6. The number of anilines is 1. The summed E-state index contributed by atoms with van der Waals surface area (Å²) in [5, 5.41) is 3.38. The van der Waals surface area contributed by atoms with E-state index in [1.165, 1.54) is 18.0 Å². The Hall–Kier alpha value is -1.30. The first-order valence-electron chi connectivity index (χ1n) is 6.11. The molecule has 0 aliphatic heterocycles. The maximum Gasteiger partial charge on any atom is 0.233 e. The number of nitrogens with zero attached hydrogens (tertiary/aromatic N) is 2. The summed E-state index contributed by atoms with van der Waals surface area (Å²) in [6.07, 6.45) is 4.98. The molecule has 100 valence electrons. The molecule has 0 fully saturated rings. The molecule has 0 bridgehead atoms. The SMILES string of the molecule is CCC(CC)NC(=O)C(C)Sc1nccnc1N. The van der Waals surface area contributed by atoms with E-state index in [0.29, 0.717) is 10.8 Å². The van der Waals surface area contributed by atoms with Crippen LogP contribution >= 0.6 is 11.8 Å². The molecule has 18 heavy (non-hydrogen) atoms. The largest absolute Gasteiger partial charge is 0.381 e. The van der Waals surface area contributed by atoms with Crippen LogP contribution in [0.1, 0.15) is 33.6 Å². The van der Waals surface area contributed by atoms with Crippen molar-refractivity contribution in [1.29, 1.82) is 0 Å². The fraction of sp³-hybridized carbons (Fsp3) is 0.583. The number of nitrogens with one attached hydrogen (secondary N) is 1. The first-order chi connectivity index (χ1) is 8.58. The standard InChI is InChI=1S/C12H20N4OS/c1-4-9(5-2)16-11(17)8(3)18-12-10(13)14-6-7-15-12/h6-9H,4-5H2,1-3H3,(H2,13,14)(H,16,17). The van der Waals surface area contributed by atoms with E-state index in [-0.39, 0.29) is 17.2 Å². The Morgan fingerprint density at radius 1 is 1.39 bits per heavy atom. The Balaban J connectivity index is 2.57. The molecule has 1 aromatic heterocycles. The number of thioether (sulfide) groups is 1. The monoisotopic (exact) mass is 268 g/mol. The molecule has 1 heterocycles. The third-order valence-corrected chi connectivity index (χ3v) is 3.79. The summed E-state index contributed by atoms with van der Waals surface area (Å²) in [4.78, 5) is 20.0. The second-order valence-corrected chi connectivity index (χ2v) is 5.36. The Labute approximate surface area is 112 Å². The topological polar surface area (TPSA) is 80.9 Å². The van der Waals surface area contributed by atoms with E-state index < -0.39 is 0 Å². The van der Waals surface area contributed by atoms with Gasteiger partial charge in [0, 0.05) is 18.4 Å². The normalized spacial score (nSPS) is 12.4. The van der Waals surface area contributed by atoms with E-state index in [1.807, 2.05) is 6.92 Å². The van der Waals surface area contributed by atoms with Gasteiger partial charge in [0.05, 0.1) is 5.25 Å². The average Bonchev–Trinajstić information content (AvgIpc) is 2.38. The van der Waals surface area contributed by atoms with Crippen molar-refractivity contribution in [1.82, 2.24) is 15.3 Å². The van der Waals surface area contributed by atoms with E-state index in [2.05, 4.69) is 29.1 Å². The molecule has 5 nitrogen and oxygen atoms in total. The van der Waals surface area contributed by atoms with Crippen molar-refractivity contribution in [3.05, 3.63) is 12.4 Å². The number of nitrogen functional groups attached to an aromatic ring is 1. The summed E-state index contributed by atoms with van der Waals surface area (Å²) in [6.45, 7) is 5.97. The fourth-order valence-corrected chi connectivity index (χ4v) is 2.26. The molecule has 1 aromatic rings. The fourth-order valence-electron chi connectivity index (χ4n) is 1.46. The highest BCUT2D eigenvalue weighted by Gasteiger charge is 2.18. The lowest BCUT2D eigenvalue weighted by atomic mass is 10.2. The van der Waals surface area contributed by atoms with E-state index in [0.717, 1.165) is 12.8 Å². The molecular formula is C12H20N4OS. The van der Waals surface area contributed by atoms with Gasteiger partial charge in [0.2, 0.25) is 5.91 Å². The Bertz CT molecular complexity index is 395. The van der Waals surface area contributed by atoms with Crippen molar-refractivity contribution in [3.8, 4) is 0 Å². The third-order valence-electron chi connectivity index (χ3n) is 2.68. The van der Waals surface area contributed by atoms with E-state index >= 15 is 0 Å². The van der Waals surface area contributed by atoms with Crippen LogP contribution in [0.3, 0.4) is 0 Å². The Morgan fingerprint density at radius 2 is 2.00 bits per heavy atom. The second-order valence-electron chi connectivity index (χ2n) is 4.03. The number of hydrogen-bond donors (Lipinski definition) is 2. The molecule has 6 heteroatoms. The van der Waals surface area contributed by atoms with Crippen LogP contribution in [0.2, 0.25) is 0 Å². The number of nitrogens with two attached hydrogens (primary N) is 1. The maximum atomic E-state index is 12.0. The Kier molecular flexibility index (Phi) is 5.91. The lowest BCUT2D eigenvalue weighted by molar-refractivity contribution is -0.121. The van der Waals surface area contributed by atoms with Crippen LogP contribution in [0.25, 0.3) is 0 Å². The lowest BCUT2D eigenvalue weighted by Gasteiger charge is -2.18. The molecule has 3 N–H and O–H groups in total. The van der Waals surface area contributed by atoms with Crippen molar-refractivity contribution in [2.24, 2.45) is 0 Å². The van der Waals surface area contributed by atoms with Gasteiger partial charge in [-0.05, 0) is 19.8 Å². The van der Waals surface area contributed by atoms with Crippen LogP contribution in [0, 0.1) is 0 Å². The van der Waals surface area contributed by atoms with Crippen molar-refractivity contribution in [2.45, 2.75) is 49.9 Å². The Morgan fingerprint density at radius 3 is 2.56 bits per heavy atom. The highest BCUT2D eigenvalue weighted by Crippen LogP contribution is 2.24. The van der Waals surface area contributed by atoms with Crippen molar-refractivity contribution in [3.63, 3.8) is 0 Å². The van der Waals surface area contributed by atoms with Gasteiger partial charge in [-0.25, -0.2) is 9.97 Å². The smallest absolute Gasteiger partial charge is 0.233 e. The van der Waals surface area contributed by atoms with Crippen LogP contribution in [0.15, 0.2) is 17.4 Å². The molecule has 0 spiro atoms. The number of carbonyl (C=O) groups excluding carboxylic acids is 1. The number of hydrogen-bond acceptors (Lipinski definition) is 5. The van der Waals surface area contributed by atoms with Crippen molar-refractivity contribution in [2.75, 3.05) is 5.73 Å². The molecular weight excluding hydrogens is 248 g/mol. The molecule has 0 saturated heterocycles. The summed E-state index contributed by atoms with van der Waals surface area (Å²) < 4.78 is 0. The molecule has 1 rings (SSSR count). The van der Waals surface area contributed by atoms with Gasteiger partial charge < -0.3 is 11.1 Å². The van der Waals surface area contributed by atoms with Gasteiger partial charge in [-0.2, -0.15) is 0 Å². The number of carbonyl (C=O) groups is 1. The van der Waals surface area contributed by atoms with Gasteiger partial charge in [0.25, 0.3) is 0 Å². The summed E-state index contributed by atoms with van der Waals surface area (Å²) in [5.74, 6) is 0.378. The van der Waals surface area contributed by atoms with Gasteiger partial charge in [0.1, 0.15) is 5.03 Å². The van der Waals surface area contributed by atoms with Gasteiger partial charge in [-0.1, -0.05) is 25.6 Å². The first-order valence-corrected chi connectivity index (χ1v) is 6.99. The van der Waals surface area contributed by atoms with Crippen LogP contribution in [-0.2, 0) is 4.79 Å². The van der Waals surface area contributed by atoms with Crippen LogP contribution in [0.5, 0.6) is 0 Å². The zero-order valence-corrected chi connectivity index (χ0v) is 11.8. The second kappa shape index (κ2) is 7.20. The average molecular weight is 268 g/mol. The summed E-state index contributed by atoms with van der Waals surface area (Å²) in [7, 11) is 0. The zero-order valence-electron chi connectivity index (χ0n) is 11.0. The minimum absolute atomic E-state index is 0.0127. The van der Waals surface area contributed by atoms with E-state index in [1.54, 1.807) is 6.20 Å². The molecule has 0 aromatic carbocycles. The van der Waals surface area contributed by atoms with E-state index in [4.69, 9.17) is 5.73 Å². The molecule has 1 amide bonds. The van der Waals surface area contributed by atoms with Gasteiger partial charge >= 0.3 is 0 Å². The lowest BCUT2D eigenvalue weighted by Crippen LogP contribution is -2.38. The predicted molar refractivity (Wildman–Crippen MR) is 74.3 cm³/mol. The predicted octanol–water partition coefficient (Wildman–Crippen LogP) is 1.84. The van der Waals surface area contributed by atoms with Gasteiger partial charge in [0.15, 0.2) is 5.82 Å².